The number of likely N-dealkylation sites (tertiary alicyclic amines) is 1. The maximum Gasteiger partial charge on any atom is 0.373 e. The molecule has 0 bridgehead atoms. The van der Waals surface area contributed by atoms with Gasteiger partial charge >= 0.3 is 5.97 Å². The van der Waals surface area contributed by atoms with Crippen molar-refractivity contribution < 1.29 is 39.5 Å². The molecule has 9 heteroatoms. The number of methoxy groups -OCH3 is 1. The van der Waals surface area contributed by atoms with Crippen molar-refractivity contribution in [3.05, 3.63) is 11.8 Å². The van der Waals surface area contributed by atoms with Crippen molar-refractivity contribution in [2.24, 2.45) is 0 Å². The number of amides is 1. The fourth-order valence-corrected chi connectivity index (χ4v) is 2.62. The van der Waals surface area contributed by atoms with Crippen LogP contribution < -0.4 is 0 Å². The highest BCUT2D eigenvalue weighted by Crippen LogP contribution is 2.33. The molecule has 0 aromatic heterocycles. The molecule has 2 heterocycles. The number of carbonyl (C=O) groups excluding carboxylic acids is 2. The second-order valence-corrected chi connectivity index (χ2v) is 4.91. The van der Waals surface area contributed by atoms with Crippen molar-refractivity contribution in [1.29, 1.82) is 0 Å². The monoisotopic (exact) mass is 303 g/mol. The average molecular weight is 303 g/mol. The lowest BCUT2D eigenvalue weighted by Gasteiger charge is -2.50. The van der Waals surface area contributed by atoms with Crippen molar-refractivity contribution >= 4 is 11.9 Å². The number of aliphatic hydroxyl groups excluding tert-OH is 4. The molecule has 6 atom stereocenters. The number of aliphatic hydroxyl groups is 4. The number of fused-ring (bicyclic) bond motifs is 1. The lowest BCUT2D eigenvalue weighted by Crippen LogP contribution is -2.71. The Bertz CT molecular complexity index is 478. The fraction of sp³-hybridized carbons (Fsp3) is 0.667. The third-order valence-electron chi connectivity index (χ3n) is 3.62. The molecule has 118 valence electrons. The second-order valence-electron chi connectivity index (χ2n) is 4.91. The molecule has 0 unspecified atom stereocenters. The van der Waals surface area contributed by atoms with E-state index >= 15 is 0 Å². The van der Waals surface area contributed by atoms with Crippen molar-refractivity contribution in [1.82, 2.24) is 4.90 Å². The Morgan fingerprint density at radius 3 is 2.38 bits per heavy atom. The highest BCUT2D eigenvalue weighted by Gasteiger charge is 2.54. The molecule has 2 rings (SSSR count). The maximum absolute atomic E-state index is 11.6. The average Bonchev–Trinajstić information content (AvgIpc) is 2.44. The Balaban J connectivity index is 2.40. The summed E-state index contributed by atoms with van der Waals surface area (Å²) in [7, 11) is 1.11. The van der Waals surface area contributed by atoms with Crippen LogP contribution in [-0.4, -0.2) is 81.0 Å². The smallest absolute Gasteiger partial charge is 0.373 e. The van der Waals surface area contributed by atoms with Crippen LogP contribution in [0.3, 0.4) is 0 Å². The lowest BCUT2D eigenvalue weighted by molar-refractivity contribution is -0.235. The van der Waals surface area contributed by atoms with E-state index in [4.69, 9.17) is 4.74 Å². The molecule has 1 fully saturated rings. The number of hydrogen-bond donors (Lipinski definition) is 4. The van der Waals surface area contributed by atoms with E-state index in [0.29, 0.717) is 0 Å². The van der Waals surface area contributed by atoms with Crippen molar-refractivity contribution in [2.45, 2.75) is 43.6 Å². The van der Waals surface area contributed by atoms with E-state index in [-0.39, 0.29) is 5.76 Å². The number of rotatable bonds is 1. The third-order valence-corrected chi connectivity index (χ3v) is 3.62. The van der Waals surface area contributed by atoms with Crippen LogP contribution in [0.4, 0.5) is 0 Å². The van der Waals surface area contributed by atoms with Gasteiger partial charge in [0.15, 0.2) is 12.3 Å². The number of nitrogens with zero attached hydrogens (tertiary/aromatic N) is 1. The molecule has 0 aromatic rings. The Kier molecular flexibility index (Phi) is 4.19. The van der Waals surface area contributed by atoms with Gasteiger partial charge in [-0.15, -0.1) is 0 Å². The highest BCUT2D eigenvalue weighted by molar-refractivity contribution is 5.86. The number of hydrogen-bond acceptors (Lipinski definition) is 8. The van der Waals surface area contributed by atoms with Crippen LogP contribution in [-0.2, 0) is 19.1 Å². The van der Waals surface area contributed by atoms with Gasteiger partial charge in [0.1, 0.15) is 24.4 Å². The first-order chi connectivity index (χ1) is 9.79. The SMILES string of the molecule is COC(=O)C1=C[C@H](O)[C@@H]2[C@H](O1)[C@H](O)[C@H](O)[C@@H](O)N2C(C)=O. The van der Waals surface area contributed by atoms with E-state index in [1.54, 1.807) is 0 Å². The molecule has 1 amide bonds. The van der Waals surface area contributed by atoms with Crippen LogP contribution in [0.25, 0.3) is 0 Å². The van der Waals surface area contributed by atoms with Gasteiger partial charge in [0, 0.05) is 6.92 Å². The van der Waals surface area contributed by atoms with Gasteiger partial charge in [-0.2, -0.15) is 0 Å². The van der Waals surface area contributed by atoms with Crippen LogP contribution in [0.2, 0.25) is 0 Å². The third kappa shape index (κ3) is 2.48. The number of esters is 1. The lowest BCUT2D eigenvalue weighted by atomic mass is 9.87. The van der Waals surface area contributed by atoms with Gasteiger partial charge in [-0.05, 0) is 6.08 Å². The Labute approximate surface area is 120 Å². The van der Waals surface area contributed by atoms with E-state index in [0.717, 1.165) is 25.0 Å². The zero-order valence-electron chi connectivity index (χ0n) is 11.4. The summed E-state index contributed by atoms with van der Waals surface area (Å²) in [5.74, 6) is -1.83. The number of carbonyl (C=O) groups is 2. The van der Waals surface area contributed by atoms with Gasteiger partial charge in [0.05, 0.1) is 7.11 Å². The van der Waals surface area contributed by atoms with Crippen molar-refractivity contribution in [3.63, 3.8) is 0 Å². The molecule has 2 aliphatic rings. The number of piperidine rings is 1. The zero-order valence-corrected chi connectivity index (χ0v) is 11.4. The molecular formula is C12H17NO8. The van der Waals surface area contributed by atoms with Gasteiger partial charge in [-0.25, -0.2) is 4.79 Å². The van der Waals surface area contributed by atoms with Crippen LogP contribution in [0.15, 0.2) is 11.8 Å². The van der Waals surface area contributed by atoms with Gasteiger partial charge < -0.3 is 34.8 Å². The minimum atomic E-state index is -1.70. The molecule has 4 N–H and O–H groups in total. The van der Waals surface area contributed by atoms with Gasteiger partial charge in [0.25, 0.3) is 0 Å². The largest absolute Gasteiger partial charge is 0.478 e. The first-order valence-corrected chi connectivity index (χ1v) is 6.27. The number of ether oxygens (including phenoxy) is 2. The summed E-state index contributed by atoms with van der Waals surface area (Å²) in [5.41, 5.74) is 0. The van der Waals surface area contributed by atoms with Gasteiger partial charge in [-0.3, -0.25) is 4.79 Å². The normalized spacial score (nSPS) is 39.0. The highest BCUT2D eigenvalue weighted by atomic mass is 16.6. The van der Waals surface area contributed by atoms with E-state index in [1.165, 1.54) is 0 Å². The molecule has 0 aliphatic carbocycles. The summed E-state index contributed by atoms with van der Waals surface area (Å²) in [4.78, 5) is 23.9. The molecule has 0 aromatic carbocycles. The molecular weight excluding hydrogens is 286 g/mol. The Hall–Kier alpha value is -1.68. The zero-order chi connectivity index (χ0) is 15.9. The first-order valence-electron chi connectivity index (χ1n) is 6.27. The topological polar surface area (TPSA) is 137 Å². The predicted octanol–water partition coefficient (Wildman–Crippen LogP) is -2.93. The van der Waals surface area contributed by atoms with Crippen molar-refractivity contribution in [3.8, 4) is 0 Å². The standard InChI is InChI=1S/C12H17NO8/c1-4(14)13-7-5(15)3-6(12(19)20-2)21-10(7)8(16)9(17)11(13)18/h3,5,7-11,15-18H,1-2H3/t5-,7+,8+,9-,10-,11+/m0/s1. The summed E-state index contributed by atoms with van der Waals surface area (Å²) < 4.78 is 9.69. The Morgan fingerprint density at radius 1 is 1.24 bits per heavy atom. The minimum Gasteiger partial charge on any atom is -0.478 e. The summed E-state index contributed by atoms with van der Waals surface area (Å²) in [5, 5.41) is 39.7. The van der Waals surface area contributed by atoms with Crippen molar-refractivity contribution in [2.75, 3.05) is 7.11 Å². The van der Waals surface area contributed by atoms with Crippen LogP contribution >= 0.6 is 0 Å². The molecule has 21 heavy (non-hydrogen) atoms. The van der Waals surface area contributed by atoms with E-state index in [9.17, 15) is 30.0 Å². The maximum atomic E-state index is 11.6. The predicted molar refractivity (Wildman–Crippen MR) is 65.3 cm³/mol. The fourth-order valence-electron chi connectivity index (χ4n) is 2.62. The van der Waals surface area contributed by atoms with Gasteiger partial charge in [0.2, 0.25) is 11.7 Å². The summed E-state index contributed by atoms with van der Waals surface area (Å²) in [6, 6.07) is -1.13. The van der Waals surface area contributed by atoms with E-state index in [2.05, 4.69) is 4.74 Å². The minimum absolute atomic E-state index is 0.336. The summed E-state index contributed by atoms with van der Waals surface area (Å²) in [6.45, 7) is 1.14. The molecule has 0 saturated carbocycles. The molecule has 9 nitrogen and oxygen atoms in total. The second kappa shape index (κ2) is 5.60. The van der Waals surface area contributed by atoms with E-state index in [1.807, 2.05) is 0 Å². The first kappa shape index (κ1) is 15.7. The van der Waals surface area contributed by atoms with Crippen LogP contribution in [0.1, 0.15) is 6.92 Å². The molecule has 0 spiro atoms. The Morgan fingerprint density at radius 2 is 1.86 bits per heavy atom. The molecule has 2 aliphatic heterocycles. The van der Waals surface area contributed by atoms with Crippen LogP contribution in [0.5, 0.6) is 0 Å². The van der Waals surface area contributed by atoms with Gasteiger partial charge in [-0.1, -0.05) is 0 Å². The van der Waals surface area contributed by atoms with Crippen LogP contribution in [0, 0.1) is 0 Å². The summed E-state index contributed by atoms with van der Waals surface area (Å²) >= 11 is 0. The quantitative estimate of drug-likeness (QED) is 0.378. The summed E-state index contributed by atoms with van der Waals surface area (Å²) in [6.07, 6.45) is -6.60. The molecule has 1 saturated heterocycles. The molecule has 0 radical (unpaired) electrons. The van der Waals surface area contributed by atoms with E-state index < -0.39 is 48.6 Å².